The molecule has 1 atom stereocenters. The summed E-state index contributed by atoms with van der Waals surface area (Å²) in [5.74, 6) is 1.29. The molecule has 0 aliphatic carbocycles. The zero-order chi connectivity index (χ0) is 23.5. The minimum atomic E-state index is -0.359. The Morgan fingerprint density at radius 3 is 2.88 bits per heavy atom. The Labute approximate surface area is 202 Å². The lowest BCUT2D eigenvalue weighted by Gasteiger charge is -2.32. The molecule has 0 radical (unpaired) electrons. The maximum Gasteiger partial charge on any atom is 0.263 e. The second-order valence-corrected chi connectivity index (χ2v) is 9.79. The van der Waals surface area contributed by atoms with Crippen molar-refractivity contribution in [2.75, 3.05) is 38.1 Å². The van der Waals surface area contributed by atoms with Crippen molar-refractivity contribution in [1.29, 1.82) is 0 Å². The van der Waals surface area contributed by atoms with Crippen LogP contribution in [0.25, 0.3) is 10.9 Å². The molecule has 1 unspecified atom stereocenters. The van der Waals surface area contributed by atoms with Gasteiger partial charge in [0, 0.05) is 56.1 Å². The van der Waals surface area contributed by atoms with E-state index < -0.39 is 0 Å². The number of nitrogens with one attached hydrogen (secondary N) is 3. The van der Waals surface area contributed by atoms with Crippen LogP contribution in [0.5, 0.6) is 0 Å². The highest BCUT2D eigenvalue weighted by Crippen LogP contribution is 2.26. The largest absolute Gasteiger partial charge is 0.361 e. The molecule has 1 aromatic carbocycles. The third-order valence-corrected chi connectivity index (χ3v) is 7.30. The first-order chi connectivity index (χ1) is 16.6. The molecule has 178 valence electrons. The van der Waals surface area contributed by atoms with Crippen LogP contribution < -0.4 is 10.2 Å². The number of H-pyrrole nitrogens is 2. The number of thiazole rings is 1. The van der Waals surface area contributed by atoms with Gasteiger partial charge in [0.2, 0.25) is 0 Å². The lowest BCUT2D eigenvalue weighted by molar-refractivity contribution is 0.0938. The maximum absolute atomic E-state index is 13.3. The van der Waals surface area contributed by atoms with E-state index >= 15 is 0 Å². The van der Waals surface area contributed by atoms with Gasteiger partial charge in [-0.15, -0.1) is 0 Å². The molecule has 5 rings (SSSR count). The van der Waals surface area contributed by atoms with Crippen LogP contribution in [-0.4, -0.2) is 69.2 Å². The van der Waals surface area contributed by atoms with E-state index in [0.717, 1.165) is 66.4 Å². The maximum atomic E-state index is 13.3. The van der Waals surface area contributed by atoms with Crippen LogP contribution in [-0.2, 0) is 12.8 Å². The average Bonchev–Trinajstić information content (AvgIpc) is 3.60. The van der Waals surface area contributed by atoms with Crippen molar-refractivity contribution in [3.8, 4) is 0 Å². The summed E-state index contributed by atoms with van der Waals surface area (Å²) in [6, 6.07) is 7.82. The van der Waals surface area contributed by atoms with Gasteiger partial charge in [-0.1, -0.05) is 36.5 Å². The highest BCUT2D eigenvalue weighted by atomic mass is 32.1. The zero-order valence-corrected chi connectivity index (χ0v) is 20.4. The number of carbonyl (C=O) groups excluding carboxylic acids is 1. The second kappa shape index (κ2) is 9.94. The zero-order valence-electron chi connectivity index (χ0n) is 19.5. The predicted octanol–water partition coefficient (Wildman–Crippen LogP) is 3.16. The number of aryl methyl sites for hydroxylation is 1. The van der Waals surface area contributed by atoms with Gasteiger partial charge >= 0.3 is 0 Å². The molecule has 4 heterocycles. The highest BCUT2D eigenvalue weighted by molar-refractivity contribution is 7.17. The number of piperazine rings is 1. The lowest BCUT2D eigenvalue weighted by Crippen LogP contribution is -2.44. The van der Waals surface area contributed by atoms with Crippen LogP contribution in [0.4, 0.5) is 5.13 Å². The summed E-state index contributed by atoms with van der Waals surface area (Å²) in [4.78, 5) is 30.9. The second-order valence-electron chi connectivity index (χ2n) is 8.78. The van der Waals surface area contributed by atoms with E-state index in [9.17, 15) is 4.79 Å². The van der Waals surface area contributed by atoms with Gasteiger partial charge in [-0.2, -0.15) is 5.10 Å². The van der Waals surface area contributed by atoms with Gasteiger partial charge in [0.25, 0.3) is 5.91 Å². The number of hydrogen-bond acceptors (Lipinski definition) is 7. The quantitative estimate of drug-likeness (QED) is 0.359. The standard InChI is InChI=1S/C24H30N8OS/c1-3-6-21-28-22(30-29-21)19(13-16-14-25-18-8-5-4-7-17(16)18)27-23(33)20-15-26-24(34-20)32-11-9-31(2)10-12-32/h4-5,7-8,14-15,19,25H,3,6,9-13H2,1-2H3,(H,27,33)(H,28,29,30). The summed E-state index contributed by atoms with van der Waals surface area (Å²) in [5, 5.41) is 12.7. The molecule has 1 aliphatic heterocycles. The van der Waals surface area contributed by atoms with Crippen LogP contribution in [0.2, 0.25) is 0 Å². The number of para-hydroxylation sites is 1. The van der Waals surface area contributed by atoms with Crippen LogP contribution in [0, 0.1) is 0 Å². The summed E-state index contributed by atoms with van der Waals surface area (Å²) in [6.45, 7) is 5.95. The molecule has 0 spiro atoms. The number of fused-ring (bicyclic) bond motifs is 1. The van der Waals surface area contributed by atoms with Crippen molar-refractivity contribution in [3.63, 3.8) is 0 Å². The Balaban J connectivity index is 1.36. The molecule has 34 heavy (non-hydrogen) atoms. The van der Waals surface area contributed by atoms with Crippen LogP contribution in [0.15, 0.2) is 36.7 Å². The van der Waals surface area contributed by atoms with Crippen molar-refractivity contribution in [1.82, 2.24) is 35.4 Å². The Bertz CT molecular complexity index is 1250. The SMILES string of the molecule is CCCc1nc(C(Cc2c[nH]c3ccccc23)NC(=O)c2cnc(N3CCN(C)CC3)s2)n[nH]1. The number of nitrogens with zero attached hydrogens (tertiary/aromatic N) is 5. The Hall–Kier alpha value is -3.24. The molecule has 4 aromatic rings. The van der Waals surface area contributed by atoms with E-state index in [-0.39, 0.29) is 11.9 Å². The van der Waals surface area contributed by atoms with Gasteiger partial charge in [0.05, 0.1) is 12.2 Å². The first-order valence-electron chi connectivity index (χ1n) is 11.8. The Morgan fingerprint density at radius 2 is 2.06 bits per heavy atom. The minimum absolute atomic E-state index is 0.149. The molecule has 1 aliphatic rings. The first-order valence-corrected chi connectivity index (χ1v) is 12.6. The van der Waals surface area contributed by atoms with Gasteiger partial charge in [-0.05, 0) is 25.1 Å². The van der Waals surface area contributed by atoms with Crippen molar-refractivity contribution in [3.05, 3.63) is 58.7 Å². The molecular formula is C24H30N8OS. The molecule has 1 fully saturated rings. The summed E-state index contributed by atoms with van der Waals surface area (Å²) in [5.41, 5.74) is 2.19. The molecule has 1 amide bonds. The third kappa shape index (κ3) is 4.83. The minimum Gasteiger partial charge on any atom is -0.361 e. The molecule has 1 saturated heterocycles. The number of amides is 1. The van der Waals surface area contributed by atoms with E-state index in [1.54, 1.807) is 6.20 Å². The normalized spacial score (nSPS) is 15.6. The van der Waals surface area contributed by atoms with E-state index in [4.69, 9.17) is 0 Å². The van der Waals surface area contributed by atoms with Crippen LogP contribution in [0.3, 0.4) is 0 Å². The fourth-order valence-electron chi connectivity index (χ4n) is 4.28. The van der Waals surface area contributed by atoms with Crippen LogP contribution >= 0.6 is 11.3 Å². The number of rotatable bonds is 8. The monoisotopic (exact) mass is 478 g/mol. The van der Waals surface area contributed by atoms with Crippen molar-refractivity contribution in [2.24, 2.45) is 0 Å². The Morgan fingerprint density at radius 1 is 1.24 bits per heavy atom. The summed E-state index contributed by atoms with van der Waals surface area (Å²) >= 11 is 1.44. The van der Waals surface area contributed by atoms with Crippen molar-refractivity contribution >= 4 is 33.3 Å². The lowest BCUT2D eigenvalue weighted by atomic mass is 10.0. The molecule has 3 N–H and O–H groups in total. The summed E-state index contributed by atoms with van der Waals surface area (Å²) in [7, 11) is 2.13. The van der Waals surface area contributed by atoms with E-state index in [1.165, 1.54) is 11.3 Å². The van der Waals surface area contributed by atoms with Gasteiger partial charge in [0.1, 0.15) is 10.7 Å². The third-order valence-electron chi connectivity index (χ3n) is 6.24. The van der Waals surface area contributed by atoms with Gasteiger partial charge in [0.15, 0.2) is 11.0 Å². The molecule has 10 heteroatoms. The van der Waals surface area contributed by atoms with Gasteiger partial charge < -0.3 is 20.1 Å². The average molecular weight is 479 g/mol. The smallest absolute Gasteiger partial charge is 0.263 e. The molecule has 0 bridgehead atoms. The summed E-state index contributed by atoms with van der Waals surface area (Å²) < 4.78 is 0. The number of aromatic nitrogens is 5. The van der Waals surface area contributed by atoms with Crippen molar-refractivity contribution < 1.29 is 4.79 Å². The molecule has 9 nitrogen and oxygen atoms in total. The number of anilines is 1. The van der Waals surface area contributed by atoms with Gasteiger partial charge in [-0.3, -0.25) is 9.89 Å². The van der Waals surface area contributed by atoms with Gasteiger partial charge in [-0.25, -0.2) is 9.97 Å². The Kier molecular flexibility index (Phi) is 6.59. The fraction of sp³-hybridized carbons (Fsp3) is 0.417. The van der Waals surface area contributed by atoms with Crippen LogP contribution in [0.1, 0.15) is 46.3 Å². The van der Waals surface area contributed by atoms with Crippen molar-refractivity contribution in [2.45, 2.75) is 32.2 Å². The van der Waals surface area contributed by atoms with E-state index in [2.05, 4.69) is 66.4 Å². The number of hydrogen-bond donors (Lipinski definition) is 3. The topological polar surface area (TPSA) is 106 Å². The molecule has 3 aromatic heterocycles. The molecule has 0 saturated carbocycles. The fourth-order valence-corrected chi connectivity index (χ4v) is 5.16. The number of aromatic amines is 2. The number of carbonyl (C=O) groups is 1. The van der Waals surface area contributed by atoms with E-state index in [1.807, 2.05) is 18.3 Å². The predicted molar refractivity (Wildman–Crippen MR) is 134 cm³/mol. The number of likely N-dealkylation sites (N-methyl/N-ethyl adjacent to an activating group) is 1. The highest BCUT2D eigenvalue weighted by Gasteiger charge is 2.24. The number of benzene rings is 1. The van der Waals surface area contributed by atoms with E-state index in [0.29, 0.717) is 17.1 Å². The first kappa shape index (κ1) is 22.5. The summed E-state index contributed by atoms with van der Waals surface area (Å²) in [6.07, 6.45) is 6.07. The molecular weight excluding hydrogens is 448 g/mol.